The molecule has 14 heteroatoms. The van der Waals surface area contributed by atoms with Crippen LogP contribution in [0.1, 0.15) is 39.9 Å². The number of nitrogens with one attached hydrogen (secondary N) is 1. The summed E-state index contributed by atoms with van der Waals surface area (Å²) in [6, 6.07) is 9.05. The van der Waals surface area contributed by atoms with Gasteiger partial charge in [0.15, 0.2) is 0 Å². The van der Waals surface area contributed by atoms with Gasteiger partial charge in [-0.1, -0.05) is 23.7 Å². The van der Waals surface area contributed by atoms with Gasteiger partial charge in [0.25, 0.3) is 5.91 Å². The third-order valence-electron chi connectivity index (χ3n) is 8.29. The highest BCUT2D eigenvalue weighted by Gasteiger charge is 2.39. The van der Waals surface area contributed by atoms with Gasteiger partial charge in [-0.15, -0.1) is 0 Å². The van der Waals surface area contributed by atoms with Crippen LogP contribution in [0.25, 0.3) is 22.2 Å². The van der Waals surface area contributed by atoms with Gasteiger partial charge in [-0.25, -0.2) is 4.39 Å². The van der Waals surface area contributed by atoms with Crippen LogP contribution in [0, 0.1) is 0 Å². The Balaban J connectivity index is 1.22. The minimum absolute atomic E-state index is 0.146. The van der Waals surface area contributed by atoms with Gasteiger partial charge in [0.2, 0.25) is 11.8 Å². The van der Waals surface area contributed by atoms with E-state index >= 15 is 0 Å². The zero-order valence-corrected chi connectivity index (χ0v) is 23.6. The highest BCUT2D eigenvalue weighted by molar-refractivity contribution is 6.33. The largest absolute Gasteiger partial charge is 0.417 e. The summed E-state index contributed by atoms with van der Waals surface area (Å²) in [6.45, 7) is 0.859. The molecular weight excluding hydrogens is 604 g/mol. The van der Waals surface area contributed by atoms with Gasteiger partial charge >= 0.3 is 6.18 Å². The summed E-state index contributed by atoms with van der Waals surface area (Å²) in [5.41, 5.74) is 2.97. The number of fused-ring (bicyclic) bond motifs is 2. The molecule has 4 aromatic rings. The fourth-order valence-electron chi connectivity index (χ4n) is 5.99. The van der Waals surface area contributed by atoms with Gasteiger partial charge in [0.05, 0.1) is 47.6 Å². The van der Waals surface area contributed by atoms with Crippen molar-refractivity contribution in [3.63, 3.8) is 0 Å². The van der Waals surface area contributed by atoms with Crippen LogP contribution in [0.5, 0.6) is 0 Å². The van der Waals surface area contributed by atoms with Gasteiger partial charge < -0.3 is 9.80 Å². The Hall–Kier alpha value is -4.52. The molecular formula is C30H23ClF4N6O3. The molecule has 3 aliphatic rings. The van der Waals surface area contributed by atoms with E-state index in [2.05, 4.69) is 15.4 Å². The molecule has 0 aliphatic carbocycles. The highest BCUT2D eigenvalue weighted by atomic mass is 35.5. The van der Waals surface area contributed by atoms with Crippen molar-refractivity contribution in [1.29, 1.82) is 0 Å². The molecule has 44 heavy (non-hydrogen) atoms. The third-order valence-corrected chi connectivity index (χ3v) is 8.58. The average Bonchev–Trinajstić information content (AvgIpc) is 3.50. The summed E-state index contributed by atoms with van der Waals surface area (Å²) in [6.07, 6.45) is -2.85. The van der Waals surface area contributed by atoms with Crippen molar-refractivity contribution in [2.45, 2.75) is 44.3 Å². The first-order valence-corrected chi connectivity index (χ1v) is 14.2. The van der Waals surface area contributed by atoms with Crippen molar-refractivity contribution < 1.29 is 31.9 Å². The van der Waals surface area contributed by atoms with E-state index in [1.165, 1.54) is 4.90 Å². The maximum absolute atomic E-state index is 13.8. The summed E-state index contributed by atoms with van der Waals surface area (Å²) in [5.74, 6) is -1.12. The minimum Gasteiger partial charge on any atom is -0.365 e. The third kappa shape index (κ3) is 4.84. The molecule has 3 amide bonds. The number of pyridine rings is 1. The Kier molecular flexibility index (Phi) is 6.61. The summed E-state index contributed by atoms with van der Waals surface area (Å²) < 4.78 is 55.3. The Labute approximate surface area is 252 Å². The highest BCUT2D eigenvalue weighted by Crippen LogP contribution is 2.39. The lowest BCUT2D eigenvalue weighted by Crippen LogP contribution is -2.52. The summed E-state index contributed by atoms with van der Waals surface area (Å²) in [4.78, 5) is 44.4. The lowest BCUT2D eigenvalue weighted by Gasteiger charge is -2.36. The van der Waals surface area contributed by atoms with E-state index in [0.717, 1.165) is 23.4 Å². The Morgan fingerprint density at radius 1 is 1.02 bits per heavy atom. The van der Waals surface area contributed by atoms with E-state index in [1.807, 2.05) is 17.0 Å². The number of alkyl halides is 4. The second kappa shape index (κ2) is 10.3. The van der Waals surface area contributed by atoms with Crippen molar-refractivity contribution >= 4 is 45.9 Å². The second-order valence-corrected chi connectivity index (χ2v) is 11.6. The second-order valence-electron chi connectivity index (χ2n) is 11.2. The maximum Gasteiger partial charge on any atom is 0.417 e. The first-order valence-electron chi connectivity index (χ1n) is 13.8. The first kappa shape index (κ1) is 28.3. The summed E-state index contributed by atoms with van der Waals surface area (Å²) >= 11 is 6.32. The average molecular weight is 627 g/mol. The number of carbonyl (C=O) groups is 3. The van der Waals surface area contributed by atoms with Crippen LogP contribution in [0.2, 0.25) is 5.02 Å². The topological polar surface area (TPSA) is 100 Å². The number of benzene rings is 2. The van der Waals surface area contributed by atoms with E-state index in [9.17, 15) is 31.9 Å². The van der Waals surface area contributed by atoms with Crippen molar-refractivity contribution in [2.24, 2.45) is 0 Å². The molecule has 1 N–H and O–H groups in total. The smallest absolute Gasteiger partial charge is 0.365 e. The van der Waals surface area contributed by atoms with E-state index < -0.39 is 29.9 Å². The number of piperidine rings is 1. The zero-order valence-electron chi connectivity index (χ0n) is 22.9. The molecule has 2 saturated heterocycles. The van der Waals surface area contributed by atoms with Crippen LogP contribution < -0.4 is 10.2 Å². The number of hydrogen-bond donors (Lipinski definition) is 1. The Morgan fingerprint density at radius 3 is 2.52 bits per heavy atom. The molecule has 2 fully saturated rings. The van der Waals surface area contributed by atoms with E-state index in [-0.39, 0.29) is 61.6 Å². The molecule has 1 atom stereocenters. The predicted molar refractivity (Wildman–Crippen MR) is 152 cm³/mol. The lowest BCUT2D eigenvalue weighted by atomic mass is 10.0. The Bertz CT molecular complexity index is 1870. The quantitative estimate of drug-likeness (QED) is 0.254. The molecule has 226 valence electrons. The number of anilines is 1. The van der Waals surface area contributed by atoms with E-state index in [1.54, 1.807) is 29.1 Å². The summed E-state index contributed by atoms with van der Waals surface area (Å²) in [7, 11) is 0. The van der Waals surface area contributed by atoms with Gasteiger partial charge in [0.1, 0.15) is 12.2 Å². The van der Waals surface area contributed by atoms with Crippen LogP contribution in [0.15, 0.2) is 48.8 Å². The molecule has 7 rings (SSSR count). The van der Waals surface area contributed by atoms with Crippen LogP contribution in [0.4, 0.5) is 23.2 Å². The number of aromatic nitrogens is 3. The number of nitrogens with zero attached hydrogens (tertiary/aromatic N) is 5. The van der Waals surface area contributed by atoms with Crippen LogP contribution >= 0.6 is 11.6 Å². The van der Waals surface area contributed by atoms with Crippen molar-refractivity contribution in [3.8, 4) is 11.3 Å². The number of rotatable bonds is 5. The monoisotopic (exact) mass is 626 g/mol. The van der Waals surface area contributed by atoms with E-state index in [4.69, 9.17) is 11.6 Å². The maximum atomic E-state index is 13.8. The van der Waals surface area contributed by atoms with Gasteiger partial charge in [-0.3, -0.25) is 29.4 Å². The van der Waals surface area contributed by atoms with Crippen molar-refractivity contribution in [2.75, 3.05) is 18.0 Å². The van der Waals surface area contributed by atoms with Gasteiger partial charge in [-0.05, 0) is 41.8 Å². The van der Waals surface area contributed by atoms with Gasteiger partial charge in [-0.2, -0.15) is 18.3 Å². The number of hydrogen-bond acceptors (Lipinski definition) is 6. The summed E-state index contributed by atoms with van der Waals surface area (Å²) in [5, 5.41) is 7.26. The molecule has 0 bridgehead atoms. The van der Waals surface area contributed by atoms with E-state index in [0.29, 0.717) is 27.7 Å². The number of amides is 3. The standard InChI is InChI=1S/C30H23ClF4N6O3/c31-23-6-17(30(33,34)35)9-36-27(23)21-7-19(39-13-18(32)14-39)8-25-22(21)10-37-41(25)11-15-1-2-20-16(5-15)12-40(29(20)44)24-3-4-26(42)38-28(24)43/h1-2,5-10,18,24H,3-4,11-14H2,(H,38,42,43). The fourth-order valence-corrected chi connectivity index (χ4v) is 6.26. The molecule has 9 nitrogen and oxygen atoms in total. The molecule has 3 aliphatic heterocycles. The normalized spacial score (nSPS) is 19.0. The number of carbonyl (C=O) groups excluding carboxylic acids is 3. The molecule has 5 heterocycles. The number of halogens is 5. The fraction of sp³-hybridized carbons (Fsp3) is 0.300. The molecule has 0 saturated carbocycles. The molecule has 1 unspecified atom stereocenters. The van der Waals surface area contributed by atoms with Crippen molar-refractivity contribution in [1.82, 2.24) is 25.0 Å². The first-order chi connectivity index (χ1) is 21.0. The molecule has 0 spiro atoms. The predicted octanol–water partition coefficient (Wildman–Crippen LogP) is 4.74. The lowest BCUT2D eigenvalue weighted by molar-refractivity contribution is -0.138. The molecule has 0 radical (unpaired) electrons. The minimum atomic E-state index is -4.61. The van der Waals surface area contributed by atoms with Crippen LogP contribution in [-0.4, -0.2) is 62.7 Å². The zero-order chi connectivity index (χ0) is 30.9. The SMILES string of the molecule is O=C1CCC(N2Cc3cc(Cn4ncc5c(-c6ncc(C(F)(F)F)cc6Cl)cc(N6CC(F)C6)cc54)ccc3C2=O)C(=O)N1. The van der Waals surface area contributed by atoms with Crippen molar-refractivity contribution in [3.05, 3.63) is 76.1 Å². The van der Waals surface area contributed by atoms with Crippen LogP contribution in [0.3, 0.4) is 0 Å². The molecule has 2 aromatic carbocycles. The van der Waals surface area contributed by atoms with Gasteiger partial charge in [0, 0.05) is 41.4 Å². The number of imide groups is 1. The molecule has 2 aromatic heterocycles. The van der Waals surface area contributed by atoms with Crippen LogP contribution in [-0.2, 0) is 28.9 Å². The Morgan fingerprint density at radius 2 is 1.82 bits per heavy atom.